The summed E-state index contributed by atoms with van der Waals surface area (Å²) in [5.41, 5.74) is 14.7. The molecule has 0 N–H and O–H groups in total. The van der Waals surface area contributed by atoms with Crippen molar-refractivity contribution in [2.45, 2.75) is 6.92 Å². The van der Waals surface area contributed by atoms with Gasteiger partial charge in [-0.15, -0.1) is 0 Å². The molecule has 2 nitrogen and oxygen atoms in total. The molecule has 0 saturated heterocycles. The summed E-state index contributed by atoms with van der Waals surface area (Å²) in [7, 11) is 1.73. The molecule has 1 heterocycles. The Morgan fingerprint density at radius 1 is 0.377 bits per heavy atom. The minimum atomic E-state index is 0.819. The minimum absolute atomic E-state index is 0.819. The number of rotatable bonds is 7. The quantitative estimate of drug-likeness (QED) is 0.167. The normalized spacial score (nSPS) is 11.2. The SMILES string of the molecule is COc1ccc2c(C)nc(-c3cccc4c(-c5ccccc5)c(-c5ccccc5)c(-c5ccccc5)c(-c5ccccc5)c34)c(-c3ccccc3)c2c1. The lowest BCUT2D eigenvalue weighted by atomic mass is 9.77. The van der Waals surface area contributed by atoms with E-state index in [1.807, 2.05) is 6.07 Å². The zero-order chi connectivity index (χ0) is 35.7. The van der Waals surface area contributed by atoms with E-state index >= 15 is 0 Å². The number of pyridine rings is 1. The van der Waals surface area contributed by atoms with Crippen LogP contribution >= 0.6 is 0 Å². The average Bonchev–Trinajstić information content (AvgIpc) is 3.24. The Kier molecular flexibility index (Phi) is 8.34. The zero-order valence-corrected chi connectivity index (χ0v) is 29.8. The van der Waals surface area contributed by atoms with E-state index in [0.29, 0.717) is 0 Å². The van der Waals surface area contributed by atoms with Crippen molar-refractivity contribution in [3.8, 4) is 72.6 Å². The molecule has 53 heavy (non-hydrogen) atoms. The van der Waals surface area contributed by atoms with Gasteiger partial charge < -0.3 is 4.74 Å². The van der Waals surface area contributed by atoms with Gasteiger partial charge in [-0.25, -0.2) is 0 Å². The lowest BCUT2D eigenvalue weighted by molar-refractivity contribution is 0.415. The summed E-state index contributed by atoms with van der Waals surface area (Å²) in [6.07, 6.45) is 0. The standard InChI is InChI=1S/C51H37NO/c1-34-41-32-31-40(53-2)33-44(41)46(36-21-10-4-11-22-36)51(52-34)43-30-18-29-42-45(35-19-8-3-9-20-35)47(37-23-12-5-13-24-37)48(38-25-14-6-15-26-38)49(50(42)43)39-27-16-7-17-28-39/h3-33H,1-2H3. The van der Waals surface area contributed by atoms with Gasteiger partial charge in [-0.3, -0.25) is 4.98 Å². The summed E-state index contributed by atoms with van der Waals surface area (Å²) in [4.78, 5) is 5.53. The van der Waals surface area contributed by atoms with Crippen molar-refractivity contribution in [3.05, 3.63) is 194 Å². The van der Waals surface area contributed by atoms with Gasteiger partial charge in [0.05, 0.1) is 12.8 Å². The molecule has 0 fully saturated rings. The van der Waals surface area contributed by atoms with E-state index in [4.69, 9.17) is 9.72 Å². The topological polar surface area (TPSA) is 22.1 Å². The fraction of sp³-hybridized carbons (Fsp3) is 0.0392. The molecule has 1 aromatic heterocycles. The third-order valence-electron chi connectivity index (χ3n) is 10.3. The molecule has 2 heteroatoms. The third kappa shape index (κ3) is 5.66. The molecule has 0 atom stereocenters. The Labute approximate surface area is 310 Å². The van der Waals surface area contributed by atoms with Crippen LogP contribution in [-0.4, -0.2) is 12.1 Å². The Morgan fingerprint density at radius 2 is 0.830 bits per heavy atom. The van der Waals surface area contributed by atoms with Crippen molar-refractivity contribution in [3.63, 3.8) is 0 Å². The summed E-state index contributed by atoms with van der Waals surface area (Å²) in [5.74, 6) is 0.819. The minimum Gasteiger partial charge on any atom is -0.497 e. The van der Waals surface area contributed by atoms with Crippen LogP contribution in [0.25, 0.3) is 88.4 Å². The highest BCUT2D eigenvalue weighted by Gasteiger charge is 2.27. The molecule has 0 unspecified atom stereocenters. The number of hydrogen-bond acceptors (Lipinski definition) is 2. The lowest BCUT2D eigenvalue weighted by Gasteiger charge is -2.26. The first kappa shape index (κ1) is 32.2. The Bertz CT molecular complexity index is 2720. The summed E-state index contributed by atoms with van der Waals surface area (Å²) >= 11 is 0. The highest BCUT2D eigenvalue weighted by Crippen LogP contribution is 2.53. The first-order valence-electron chi connectivity index (χ1n) is 18.1. The molecule has 8 aromatic carbocycles. The summed E-state index contributed by atoms with van der Waals surface area (Å²) in [6, 6.07) is 67.3. The van der Waals surface area contributed by atoms with Crippen molar-refractivity contribution < 1.29 is 4.74 Å². The number of methoxy groups -OCH3 is 1. The molecular weight excluding hydrogens is 643 g/mol. The summed E-state index contributed by atoms with van der Waals surface area (Å²) in [6.45, 7) is 2.12. The van der Waals surface area contributed by atoms with Crippen LogP contribution in [0.3, 0.4) is 0 Å². The maximum Gasteiger partial charge on any atom is 0.119 e. The van der Waals surface area contributed by atoms with Gasteiger partial charge in [-0.05, 0) is 86.0 Å². The Hall–Kier alpha value is -6.77. The van der Waals surface area contributed by atoms with Gasteiger partial charge in [0.2, 0.25) is 0 Å². The van der Waals surface area contributed by atoms with E-state index in [-0.39, 0.29) is 0 Å². The van der Waals surface area contributed by atoms with Crippen molar-refractivity contribution in [2.24, 2.45) is 0 Å². The van der Waals surface area contributed by atoms with E-state index < -0.39 is 0 Å². The fourth-order valence-electron chi connectivity index (χ4n) is 8.00. The second kappa shape index (κ2) is 13.7. The Balaban J connectivity index is 1.56. The summed E-state index contributed by atoms with van der Waals surface area (Å²) < 4.78 is 5.81. The van der Waals surface area contributed by atoms with E-state index in [2.05, 4.69) is 189 Å². The second-order valence-corrected chi connectivity index (χ2v) is 13.4. The monoisotopic (exact) mass is 679 g/mol. The molecule has 0 saturated carbocycles. The van der Waals surface area contributed by atoms with Crippen LogP contribution in [0.5, 0.6) is 5.75 Å². The van der Waals surface area contributed by atoms with Crippen molar-refractivity contribution in [1.29, 1.82) is 0 Å². The highest BCUT2D eigenvalue weighted by atomic mass is 16.5. The van der Waals surface area contributed by atoms with Gasteiger partial charge in [-0.1, -0.05) is 170 Å². The van der Waals surface area contributed by atoms with Gasteiger partial charge in [0.15, 0.2) is 0 Å². The van der Waals surface area contributed by atoms with Crippen LogP contribution in [0.2, 0.25) is 0 Å². The number of ether oxygens (including phenoxy) is 1. The van der Waals surface area contributed by atoms with Crippen LogP contribution in [-0.2, 0) is 0 Å². The maximum atomic E-state index is 5.81. The third-order valence-corrected chi connectivity index (χ3v) is 10.3. The number of aromatic nitrogens is 1. The number of fused-ring (bicyclic) bond motifs is 2. The molecule has 252 valence electrons. The predicted molar refractivity (Wildman–Crippen MR) is 223 cm³/mol. The molecule has 0 aliphatic heterocycles. The van der Waals surface area contributed by atoms with Gasteiger partial charge in [-0.2, -0.15) is 0 Å². The molecule has 9 aromatic rings. The molecule has 0 amide bonds. The van der Waals surface area contributed by atoms with Crippen molar-refractivity contribution >= 4 is 21.5 Å². The Morgan fingerprint density at radius 3 is 1.34 bits per heavy atom. The molecule has 0 radical (unpaired) electrons. The van der Waals surface area contributed by atoms with E-state index in [9.17, 15) is 0 Å². The van der Waals surface area contributed by atoms with Crippen molar-refractivity contribution in [2.75, 3.05) is 7.11 Å². The van der Waals surface area contributed by atoms with Crippen LogP contribution in [0.15, 0.2) is 188 Å². The van der Waals surface area contributed by atoms with Gasteiger partial charge in [0.1, 0.15) is 5.75 Å². The fourth-order valence-corrected chi connectivity index (χ4v) is 8.00. The molecule has 9 rings (SSSR count). The lowest BCUT2D eigenvalue weighted by Crippen LogP contribution is -2.01. The maximum absolute atomic E-state index is 5.81. The van der Waals surface area contributed by atoms with Crippen molar-refractivity contribution in [1.82, 2.24) is 4.98 Å². The first-order chi connectivity index (χ1) is 26.2. The van der Waals surface area contributed by atoms with E-state index in [1.54, 1.807) is 7.11 Å². The van der Waals surface area contributed by atoms with E-state index in [1.165, 1.54) is 44.2 Å². The van der Waals surface area contributed by atoms with Crippen LogP contribution < -0.4 is 4.74 Å². The average molecular weight is 680 g/mol. The molecule has 0 aliphatic rings. The van der Waals surface area contributed by atoms with Crippen LogP contribution in [0.1, 0.15) is 5.69 Å². The van der Waals surface area contributed by atoms with Crippen LogP contribution in [0.4, 0.5) is 0 Å². The second-order valence-electron chi connectivity index (χ2n) is 13.4. The first-order valence-corrected chi connectivity index (χ1v) is 18.1. The van der Waals surface area contributed by atoms with Gasteiger partial charge in [0, 0.05) is 27.6 Å². The molecule has 0 bridgehead atoms. The zero-order valence-electron chi connectivity index (χ0n) is 29.8. The van der Waals surface area contributed by atoms with Gasteiger partial charge >= 0.3 is 0 Å². The molecule has 0 aliphatic carbocycles. The van der Waals surface area contributed by atoms with Crippen LogP contribution in [0, 0.1) is 6.92 Å². The number of benzene rings is 8. The molecule has 0 spiro atoms. The highest BCUT2D eigenvalue weighted by molar-refractivity contribution is 6.23. The number of aryl methyl sites for hydroxylation is 1. The van der Waals surface area contributed by atoms with Gasteiger partial charge in [0.25, 0.3) is 0 Å². The van der Waals surface area contributed by atoms with E-state index in [0.717, 1.165) is 55.7 Å². The predicted octanol–water partition coefficient (Wildman–Crippen LogP) is 13.7. The smallest absolute Gasteiger partial charge is 0.119 e. The largest absolute Gasteiger partial charge is 0.497 e. The number of nitrogens with zero attached hydrogens (tertiary/aromatic N) is 1. The molecular formula is C51H37NO. The number of hydrogen-bond donors (Lipinski definition) is 0. The summed E-state index contributed by atoms with van der Waals surface area (Å²) in [5, 5.41) is 4.57.